The smallest absolute Gasteiger partial charge is 0.282 e. The molecule has 0 atom stereocenters. The van der Waals surface area contributed by atoms with Gasteiger partial charge in [0.15, 0.2) is 0 Å². The minimum Gasteiger partial charge on any atom is -0.282 e. The lowest BCUT2D eigenvalue weighted by Crippen LogP contribution is -2.04. The molecule has 0 amide bonds. The summed E-state index contributed by atoms with van der Waals surface area (Å²) in [7, 11) is -4.21. The topological polar surface area (TPSA) is 54.4 Å². The Kier molecular flexibility index (Phi) is 9.46. The van der Waals surface area contributed by atoms with Crippen molar-refractivity contribution in [2.75, 3.05) is 0 Å². The first-order chi connectivity index (χ1) is 13.5. The lowest BCUT2D eigenvalue weighted by molar-refractivity contribution is 0.482. The highest BCUT2D eigenvalue weighted by Crippen LogP contribution is 2.29. The van der Waals surface area contributed by atoms with Gasteiger partial charge in [0.2, 0.25) is 0 Å². The van der Waals surface area contributed by atoms with Crippen LogP contribution in [0.2, 0.25) is 0 Å². The van der Waals surface area contributed by atoms with Crippen molar-refractivity contribution in [2.24, 2.45) is 0 Å². The predicted molar refractivity (Wildman–Crippen MR) is 119 cm³/mol. The Morgan fingerprint density at radius 2 is 1.32 bits per heavy atom. The molecule has 0 saturated carbocycles. The molecular formula is C24H36O3S. The molecule has 0 aliphatic heterocycles. The van der Waals surface area contributed by atoms with E-state index in [2.05, 4.69) is 32.0 Å². The molecule has 0 saturated heterocycles. The fraction of sp³-hybridized carbons (Fsp3) is 0.583. The van der Waals surface area contributed by atoms with E-state index in [-0.39, 0.29) is 4.90 Å². The van der Waals surface area contributed by atoms with Crippen molar-refractivity contribution in [3.63, 3.8) is 0 Å². The molecule has 0 unspecified atom stereocenters. The van der Waals surface area contributed by atoms with E-state index >= 15 is 0 Å². The van der Waals surface area contributed by atoms with Gasteiger partial charge in [0.1, 0.15) is 0 Å². The first kappa shape index (κ1) is 22.9. The molecule has 0 fully saturated rings. The van der Waals surface area contributed by atoms with E-state index in [4.69, 9.17) is 0 Å². The highest BCUT2D eigenvalue weighted by Gasteiger charge is 2.18. The number of aryl methyl sites for hydroxylation is 2. The van der Waals surface area contributed by atoms with Gasteiger partial charge in [-0.2, -0.15) is 8.42 Å². The third-order valence-corrected chi connectivity index (χ3v) is 6.47. The Labute approximate surface area is 171 Å². The van der Waals surface area contributed by atoms with Crippen LogP contribution in [0.3, 0.4) is 0 Å². The summed E-state index contributed by atoms with van der Waals surface area (Å²) in [5, 5.41) is 2.03. The monoisotopic (exact) mass is 404 g/mol. The van der Waals surface area contributed by atoms with Gasteiger partial charge < -0.3 is 0 Å². The summed E-state index contributed by atoms with van der Waals surface area (Å²) >= 11 is 0. The van der Waals surface area contributed by atoms with Gasteiger partial charge in [-0.15, -0.1) is 0 Å². The Bertz CT molecular complexity index is 840. The molecule has 0 spiro atoms. The second kappa shape index (κ2) is 11.6. The van der Waals surface area contributed by atoms with Gasteiger partial charge in [-0.25, -0.2) is 0 Å². The van der Waals surface area contributed by atoms with E-state index in [0.717, 1.165) is 42.0 Å². The van der Waals surface area contributed by atoms with Crippen molar-refractivity contribution in [2.45, 2.75) is 95.8 Å². The van der Waals surface area contributed by atoms with Gasteiger partial charge in [0.25, 0.3) is 10.1 Å². The molecule has 0 aromatic heterocycles. The van der Waals surface area contributed by atoms with E-state index in [9.17, 15) is 13.0 Å². The minimum absolute atomic E-state index is 0.0792. The van der Waals surface area contributed by atoms with E-state index in [1.165, 1.54) is 50.5 Å². The van der Waals surface area contributed by atoms with Crippen LogP contribution in [0.15, 0.2) is 35.2 Å². The molecule has 4 heteroatoms. The Hall–Kier alpha value is -1.39. The van der Waals surface area contributed by atoms with E-state index in [1.807, 2.05) is 6.07 Å². The molecule has 156 valence electrons. The Morgan fingerprint density at radius 3 is 1.93 bits per heavy atom. The van der Waals surface area contributed by atoms with Crippen molar-refractivity contribution in [1.29, 1.82) is 0 Å². The standard InChI is InChI=1S/C24H36O3S/c1-3-5-7-9-11-13-20-15-16-21-17-18-24(28(25,26)27)22(23(21)19-20)14-12-10-8-6-4-2/h15-19H,3-14H2,1-2H3,(H,25,26,27). The largest absolute Gasteiger partial charge is 0.294 e. The highest BCUT2D eigenvalue weighted by molar-refractivity contribution is 7.85. The van der Waals surface area contributed by atoms with E-state index < -0.39 is 10.1 Å². The number of unbranched alkanes of at least 4 members (excludes halogenated alkanes) is 8. The lowest BCUT2D eigenvalue weighted by Gasteiger charge is -2.13. The molecule has 0 radical (unpaired) electrons. The minimum atomic E-state index is -4.21. The van der Waals surface area contributed by atoms with Crippen LogP contribution in [0.4, 0.5) is 0 Å². The van der Waals surface area contributed by atoms with Crippen molar-refractivity contribution < 1.29 is 13.0 Å². The summed E-state index contributed by atoms with van der Waals surface area (Å²) in [6.07, 6.45) is 13.5. The summed E-state index contributed by atoms with van der Waals surface area (Å²) in [5.41, 5.74) is 2.04. The fourth-order valence-corrected chi connectivity index (χ4v) is 4.67. The number of hydrogen-bond donors (Lipinski definition) is 1. The predicted octanol–water partition coefficient (Wildman–Crippen LogP) is 7.11. The molecule has 0 heterocycles. The Morgan fingerprint density at radius 1 is 0.750 bits per heavy atom. The van der Waals surface area contributed by atoms with E-state index in [1.54, 1.807) is 6.07 Å². The van der Waals surface area contributed by atoms with Gasteiger partial charge >= 0.3 is 0 Å². The summed E-state index contributed by atoms with van der Waals surface area (Å²) < 4.78 is 33.6. The number of rotatable bonds is 13. The van der Waals surface area contributed by atoms with Gasteiger partial charge in [0, 0.05) is 0 Å². The van der Waals surface area contributed by atoms with Crippen LogP contribution in [-0.4, -0.2) is 13.0 Å². The molecular weight excluding hydrogens is 368 g/mol. The molecule has 0 aliphatic carbocycles. The zero-order chi connectivity index (χ0) is 20.4. The molecule has 0 bridgehead atoms. The summed E-state index contributed by atoms with van der Waals surface area (Å²) in [6.45, 7) is 4.41. The third kappa shape index (κ3) is 6.89. The van der Waals surface area contributed by atoms with Gasteiger partial charge in [-0.05, 0) is 53.6 Å². The quantitative estimate of drug-likeness (QED) is 0.286. The zero-order valence-corrected chi connectivity index (χ0v) is 18.4. The molecule has 2 aromatic rings. The third-order valence-electron chi connectivity index (χ3n) is 5.53. The van der Waals surface area contributed by atoms with Crippen LogP contribution in [-0.2, 0) is 23.0 Å². The first-order valence-corrected chi connectivity index (χ1v) is 12.4. The second-order valence-corrected chi connectivity index (χ2v) is 9.29. The molecule has 2 aromatic carbocycles. The summed E-state index contributed by atoms with van der Waals surface area (Å²) in [4.78, 5) is 0.0792. The van der Waals surface area contributed by atoms with Crippen LogP contribution >= 0.6 is 0 Å². The number of hydrogen-bond acceptors (Lipinski definition) is 2. The maximum absolute atomic E-state index is 11.9. The number of benzene rings is 2. The molecule has 2 rings (SSSR count). The SMILES string of the molecule is CCCCCCCc1ccc2ccc(S(=O)(=O)O)c(CCCCCCC)c2c1. The molecule has 1 N–H and O–H groups in total. The zero-order valence-electron chi connectivity index (χ0n) is 17.5. The highest BCUT2D eigenvalue weighted by atomic mass is 32.2. The summed E-state index contributed by atoms with van der Waals surface area (Å²) in [6, 6.07) is 9.75. The van der Waals surface area contributed by atoms with Crippen molar-refractivity contribution in [1.82, 2.24) is 0 Å². The van der Waals surface area contributed by atoms with E-state index in [0.29, 0.717) is 6.42 Å². The van der Waals surface area contributed by atoms with Crippen LogP contribution < -0.4 is 0 Å². The average molecular weight is 405 g/mol. The first-order valence-electron chi connectivity index (χ1n) is 11.0. The number of fused-ring (bicyclic) bond motifs is 1. The summed E-state index contributed by atoms with van der Waals surface area (Å²) in [5.74, 6) is 0. The maximum Gasteiger partial charge on any atom is 0.294 e. The van der Waals surface area contributed by atoms with Crippen LogP contribution in [0.1, 0.15) is 89.2 Å². The normalized spacial score (nSPS) is 12.0. The van der Waals surface area contributed by atoms with Crippen molar-refractivity contribution >= 4 is 20.9 Å². The maximum atomic E-state index is 11.9. The average Bonchev–Trinajstić information content (AvgIpc) is 2.66. The second-order valence-electron chi connectivity index (χ2n) is 7.90. The fourth-order valence-electron chi connectivity index (χ4n) is 3.90. The van der Waals surface area contributed by atoms with Gasteiger partial charge in [-0.3, -0.25) is 4.55 Å². The molecule has 0 aliphatic rings. The van der Waals surface area contributed by atoms with Gasteiger partial charge in [-0.1, -0.05) is 89.5 Å². The molecule has 3 nitrogen and oxygen atoms in total. The van der Waals surface area contributed by atoms with Crippen LogP contribution in [0.25, 0.3) is 10.8 Å². The molecule has 28 heavy (non-hydrogen) atoms. The van der Waals surface area contributed by atoms with Crippen molar-refractivity contribution in [3.8, 4) is 0 Å². The van der Waals surface area contributed by atoms with Crippen LogP contribution in [0, 0.1) is 0 Å². The van der Waals surface area contributed by atoms with Crippen molar-refractivity contribution in [3.05, 3.63) is 41.5 Å². The Balaban J connectivity index is 2.24. The van der Waals surface area contributed by atoms with Crippen LogP contribution in [0.5, 0.6) is 0 Å². The lowest BCUT2D eigenvalue weighted by atomic mass is 9.96. The van der Waals surface area contributed by atoms with Gasteiger partial charge in [0.05, 0.1) is 4.90 Å².